The average molecular weight is 450 g/mol. The number of aryl methyl sites for hydroxylation is 2. The SMILES string of the molecule is CCc1ccccc1NC(=O)CN1CCN(C(=O)c2sc(-c3ccccn3)nc2C)CC1. The lowest BCUT2D eigenvalue weighted by molar-refractivity contribution is -0.117. The summed E-state index contributed by atoms with van der Waals surface area (Å²) in [6.07, 6.45) is 2.60. The number of hydrogen-bond acceptors (Lipinski definition) is 6. The monoisotopic (exact) mass is 449 g/mol. The minimum atomic E-state index is -0.0241. The van der Waals surface area contributed by atoms with Crippen molar-refractivity contribution in [2.45, 2.75) is 20.3 Å². The molecule has 2 amide bonds. The number of anilines is 1. The lowest BCUT2D eigenvalue weighted by atomic mass is 10.1. The summed E-state index contributed by atoms with van der Waals surface area (Å²) in [6.45, 7) is 6.78. The number of piperazine rings is 1. The first-order chi connectivity index (χ1) is 15.5. The molecule has 1 aromatic carbocycles. The Hall–Kier alpha value is -3.10. The maximum Gasteiger partial charge on any atom is 0.265 e. The quantitative estimate of drug-likeness (QED) is 0.623. The molecule has 1 fully saturated rings. The minimum absolute atomic E-state index is 0.00292. The van der Waals surface area contributed by atoms with E-state index in [0.29, 0.717) is 37.6 Å². The second-order valence-corrected chi connectivity index (χ2v) is 8.77. The highest BCUT2D eigenvalue weighted by Gasteiger charge is 2.26. The van der Waals surface area contributed by atoms with Gasteiger partial charge in [0.15, 0.2) is 0 Å². The molecule has 0 bridgehead atoms. The van der Waals surface area contributed by atoms with Gasteiger partial charge in [-0.15, -0.1) is 11.3 Å². The molecule has 1 N–H and O–H groups in total. The van der Waals surface area contributed by atoms with Gasteiger partial charge >= 0.3 is 0 Å². The zero-order valence-corrected chi connectivity index (χ0v) is 19.2. The third-order valence-electron chi connectivity index (χ3n) is 5.57. The van der Waals surface area contributed by atoms with E-state index in [9.17, 15) is 9.59 Å². The molecule has 166 valence electrons. The first-order valence-electron chi connectivity index (χ1n) is 10.8. The minimum Gasteiger partial charge on any atom is -0.335 e. The normalized spacial score (nSPS) is 14.4. The second-order valence-electron chi connectivity index (χ2n) is 7.78. The Labute approximate surface area is 192 Å². The van der Waals surface area contributed by atoms with Gasteiger partial charge in [-0.1, -0.05) is 31.2 Å². The Morgan fingerprint density at radius 3 is 2.53 bits per heavy atom. The number of carbonyl (C=O) groups excluding carboxylic acids is 2. The lowest BCUT2D eigenvalue weighted by Crippen LogP contribution is -2.50. The fourth-order valence-corrected chi connectivity index (χ4v) is 4.80. The van der Waals surface area contributed by atoms with Crippen molar-refractivity contribution in [2.24, 2.45) is 0 Å². The van der Waals surface area contributed by atoms with Gasteiger partial charge in [-0.25, -0.2) is 4.98 Å². The number of nitrogens with one attached hydrogen (secondary N) is 1. The van der Waals surface area contributed by atoms with Crippen molar-refractivity contribution in [3.63, 3.8) is 0 Å². The van der Waals surface area contributed by atoms with Gasteiger partial charge in [-0.05, 0) is 37.1 Å². The molecule has 2 aromatic heterocycles. The number of amides is 2. The Morgan fingerprint density at radius 2 is 1.81 bits per heavy atom. The van der Waals surface area contributed by atoms with Crippen LogP contribution in [0.1, 0.15) is 27.9 Å². The number of pyridine rings is 1. The molecule has 3 heterocycles. The first kappa shape index (κ1) is 22.1. The molecule has 4 rings (SSSR count). The van der Waals surface area contributed by atoms with Crippen molar-refractivity contribution in [1.82, 2.24) is 19.8 Å². The van der Waals surface area contributed by atoms with Crippen LogP contribution in [0.25, 0.3) is 10.7 Å². The van der Waals surface area contributed by atoms with Crippen molar-refractivity contribution >= 4 is 28.8 Å². The summed E-state index contributed by atoms with van der Waals surface area (Å²) in [4.78, 5) is 39.1. The molecule has 0 radical (unpaired) electrons. The van der Waals surface area contributed by atoms with Crippen LogP contribution < -0.4 is 5.32 Å². The second kappa shape index (κ2) is 10.0. The van der Waals surface area contributed by atoms with E-state index < -0.39 is 0 Å². The van der Waals surface area contributed by atoms with E-state index in [2.05, 4.69) is 27.1 Å². The molecule has 0 spiro atoms. The van der Waals surface area contributed by atoms with E-state index in [4.69, 9.17) is 0 Å². The third-order valence-corrected chi connectivity index (χ3v) is 6.74. The van der Waals surface area contributed by atoms with E-state index in [1.807, 2.05) is 54.3 Å². The zero-order chi connectivity index (χ0) is 22.5. The predicted molar refractivity (Wildman–Crippen MR) is 127 cm³/mol. The van der Waals surface area contributed by atoms with Crippen molar-refractivity contribution in [2.75, 3.05) is 38.0 Å². The van der Waals surface area contributed by atoms with E-state index in [1.165, 1.54) is 11.3 Å². The largest absolute Gasteiger partial charge is 0.335 e. The van der Waals surface area contributed by atoms with Gasteiger partial charge in [-0.2, -0.15) is 0 Å². The van der Waals surface area contributed by atoms with Crippen LogP contribution in [0.15, 0.2) is 48.7 Å². The third kappa shape index (κ3) is 5.03. The summed E-state index contributed by atoms with van der Waals surface area (Å²) in [6, 6.07) is 13.5. The number of thiazole rings is 1. The molecule has 7 nitrogen and oxygen atoms in total. The predicted octanol–water partition coefficient (Wildman–Crippen LogP) is 3.47. The van der Waals surface area contributed by atoms with E-state index in [-0.39, 0.29) is 11.8 Å². The zero-order valence-electron chi connectivity index (χ0n) is 18.4. The van der Waals surface area contributed by atoms with Crippen LogP contribution in [0.3, 0.4) is 0 Å². The van der Waals surface area contributed by atoms with Gasteiger partial charge in [-0.3, -0.25) is 19.5 Å². The number of aromatic nitrogens is 2. The van der Waals surface area contributed by atoms with Crippen molar-refractivity contribution in [3.8, 4) is 10.7 Å². The first-order valence-corrected chi connectivity index (χ1v) is 11.6. The molecule has 1 aliphatic rings. The Kier molecular flexibility index (Phi) is 6.92. The van der Waals surface area contributed by atoms with Gasteiger partial charge in [0.05, 0.1) is 17.9 Å². The highest BCUT2D eigenvalue weighted by atomic mass is 32.1. The van der Waals surface area contributed by atoms with Gasteiger partial charge in [0.2, 0.25) is 5.91 Å². The number of carbonyl (C=O) groups is 2. The molecule has 0 atom stereocenters. The van der Waals surface area contributed by atoms with Crippen molar-refractivity contribution < 1.29 is 9.59 Å². The molecular weight excluding hydrogens is 422 g/mol. The topological polar surface area (TPSA) is 78.4 Å². The van der Waals surface area contributed by atoms with Gasteiger partial charge in [0.1, 0.15) is 9.88 Å². The summed E-state index contributed by atoms with van der Waals surface area (Å²) in [5, 5.41) is 3.78. The Bertz CT molecular complexity index is 1090. The number of benzene rings is 1. The number of para-hydroxylation sites is 1. The van der Waals surface area contributed by atoms with Crippen molar-refractivity contribution in [1.29, 1.82) is 0 Å². The number of rotatable bonds is 6. The highest BCUT2D eigenvalue weighted by molar-refractivity contribution is 7.17. The molecule has 0 aliphatic carbocycles. The van der Waals surface area contributed by atoms with E-state index in [1.54, 1.807) is 6.20 Å². The molecule has 1 saturated heterocycles. The van der Waals surface area contributed by atoms with Crippen LogP contribution in [0, 0.1) is 6.92 Å². The lowest BCUT2D eigenvalue weighted by Gasteiger charge is -2.34. The summed E-state index contributed by atoms with van der Waals surface area (Å²) in [5.41, 5.74) is 3.51. The summed E-state index contributed by atoms with van der Waals surface area (Å²) in [7, 11) is 0. The summed E-state index contributed by atoms with van der Waals surface area (Å²) in [5.74, 6) is -0.0212. The summed E-state index contributed by atoms with van der Waals surface area (Å²) >= 11 is 1.39. The average Bonchev–Trinajstić information content (AvgIpc) is 3.21. The Balaban J connectivity index is 1.32. The standard InChI is InChI=1S/C24H27N5O2S/c1-3-18-8-4-5-9-19(18)27-21(30)16-28-12-14-29(15-13-28)24(31)22-17(2)26-23(32-22)20-10-6-7-11-25-20/h4-11H,3,12-16H2,1-2H3,(H,27,30). The number of nitrogens with zero attached hydrogens (tertiary/aromatic N) is 4. The molecule has 0 saturated carbocycles. The number of hydrogen-bond donors (Lipinski definition) is 1. The van der Waals surface area contributed by atoms with Crippen LogP contribution in [0.4, 0.5) is 5.69 Å². The van der Waals surface area contributed by atoms with Crippen LogP contribution in [-0.2, 0) is 11.2 Å². The van der Waals surface area contributed by atoms with Crippen LogP contribution >= 0.6 is 11.3 Å². The van der Waals surface area contributed by atoms with E-state index >= 15 is 0 Å². The van der Waals surface area contributed by atoms with Crippen LogP contribution in [-0.4, -0.2) is 64.3 Å². The molecule has 0 unspecified atom stereocenters. The van der Waals surface area contributed by atoms with Gasteiger partial charge < -0.3 is 10.2 Å². The summed E-state index contributed by atoms with van der Waals surface area (Å²) < 4.78 is 0. The van der Waals surface area contributed by atoms with Gasteiger partial charge in [0.25, 0.3) is 5.91 Å². The van der Waals surface area contributed by atoms with Gasteiger partial charge in [0, 0.05) is 38.1 Å². The fourth-order valence-electron chi connectivity index (χ4n) is 3.79. The maximum absolute atomic E-state index is 13.1. The smallest absolute Gasteiger partial charge is 0.265 e. The molecule has 32 heavy (non-hydrogen) atoms. The van der Waals surface area contributed by atoms with Crippen molar-refractivity contribution in [3.05, 3.63) is 64.8 Å². The molecule has 8 heteroatoms. The van der Waals surface area contributed by atoms with Crippen LogP contribution in [0.2, 0.25) is 0 Å². The molecule has 3 aromatic rings. The van der Waals surface area contributed by atoms with E-state index in [0.717, 1.165) is 34.1 Å². The highest BCUT2D eigenvalue weighted by Crippen LogP contribution is 2.27. The fraction of sp³-hybridized carbons (Fsp3) is 0.333. The van der Waals surface area contributed by atoms with Crippen LogP contribution in [0.5, 0.6) is 0 Å². The Morgan fingerprint density at radius 1 is 1.06 bits per heavy atom. The maximum atomic E-state index is 13.1. The molecule has 1 aliphatic heterocycles. The molecular formula is C24H27N5O2S.